The standard InChI is InChI=1S/C21H18F4N4O4/c22-12-1-2-13-10(16(12)23)7-14(26-13)19(31)29-6-3-15-11(8-29)17(28-33-15)18(30)27-21(4-5-21)9-32-20(24)25/h1-2,7,20,26H,3-6,8-9H2,(H,27,30). The zero-order valence-corrected chi connectivity index (χ0v) is 17.1. The maximum atomic E-state index is 14.0. The Morgan fingerprint density at radius 2 is 2.09 bits per heavy atom. The van der Waals surface area contributed by atoms with Crippen molar-refractivity contribution in [2.45, 2.75) is 38.0 Å². The molecule has 2 aliphatic rings. The first-order valence-corrected chi connectivity index (χ1v) is 10.2. The summed E-state index contributed by atoms with van der Waals surface area (Å²) >= 11 is 0. The molecular formula is C21H18F4N4O4. The van der Waals surface area contributed by atoms with E-state index in [1.54, 1.807) is 0 Å². The van der Waals surface area contributed by atoms with Gasteiger partial charge < -0.3 is 24.5 Å². The number of aromatic amines is 1. The second kappa shape index (κ2) is 7.87. The smallest absolute Gasteiger partial charge is 0.345 e. The van der Waals surface area contributed by atoms with Gasteiger partial charge in [-0.3, -0.25) is 9.59 Å². The summed E-state index contributed by atoms with van der Waals surface area (Å²) in [5.74, 6) is -2.69. The fourth-order valence-corrected chi connectivity index (χ4v) is 3.97. The van der Waals surface area contributed by atoms with Gasteiger partial charge in [-0.1, -0.05) is 5.16 Å². The van der Waals surface area contributed by atoms with Crippen LogP contribution in [0.25, 0.3) is 10.9 Å². The van der Waals surface area contributed by atoms with Gasteiger partial charge in [0, 0.05) is 29.4 Å². The van der Waals surface area contributed by atoms with Gasteiger partial charge in [0.25, 0.3) is 11.8 Å². The third-order valence-corrected chi connectivity index (χ3v) is 5.97. The molecule has 0 radical (unpaired) electrons. The van der Waals surface area contributed by atoms with Crippen molar-refractivity contribution in [2.75, 3.05) is 13.2 Å². The molecule has 2 aromatic heterocycles. The molecule has 33 heavy (non-hydrogen) atoms. The minimum Gasteiger partial charge on any atom is -0.360 e. The molecule has 1 aromatic carbocycles. The topological polar surface area (TPSA) is 100 Å². The minimum absolute atomic E-state index is 0.00711. The molecular weight excluding hydrogens is 448 g/mol. The average Bonchev–Trinajstić information content (AvgIpc) is 3.21. The molecule has 1 fully saturated rings. The lowest BCUT2D eigenvalue weighted by atomic mass is 10.0. The number of nitrogens with zero attached hydrogens (tertiary/aromatic N) is 2. The van der Waals surface area contributed by atoms with E-state index in [2.05, 4.69) is 20.2 Å². The summed E-state index contributed by atoms with van der Waals surface area (Å²) < 4.78 is 61.8. The number of ether oxygens (including phenoxy) is 1. The molecule has 1 aliphatic carbocycles. The zero-order valence-electron chi connectivity index (χ0n) is 17.1. The molecule has 12 heteroatoms. The average molecular weight is 466 g/mol. The van der Waals surface area contributed by atoms with E-state index in [1.807, 2.05) is 0 Å². The Bertz CT molecular complexity index is 1250. The fraction of sp³-hybridized carbons (Fsp3) is 0.381. The number of carbonyl (C=O) groups excluding carboxylic acids is 2. The van der Waals surface area contributed by atoms with E-state index in [0.29, 0.717) is 30.6 Å². The van der Waals surface area contributed by atoms with E-state index in [4.69, 9.17) is 4.52 Å². The Balaban J connectivity index is 1.33. The van der Waals surface area contributed by atoms with Gasteiger partial charge >= 0.3 is 6.61 Å². The number of rotatable bonds is 6. The molecule has 2 amide bonds. The molecule has 5 rings (SSSR count). The van der Waals surface area contributed by atoms with Crippen LogP contribution in [0.1, 0.15) is 45.1 Å². The fourth-order valence-electron chi connectivity index (χ4n) is 3.97. The van der Waals surface area contributed by atoms with Crippen LogP contribution in [0.15, 0.2) is 22.7 Å². The highest BCUT2D eigenvalue weighted by Crippen LogP contribution is 2.37. The summed E-state index contributed by atoms with van der Waals surface area (Å²) in [6, 6.07) is 3.55. The zero-order chi connectivity index (χ0) is 23.3. The first-order valence-electron chi connectivity index (χ1n) is 10.2. The maximum Gasteiger partial charge on any atom is 0.345 e. The lowest BCUT2D eigenvalue weighted by Gasteiger charge is -2.26. The van der Waals surface area contributed by atoms with Gasteiger partial charge in [-0.2, -0.15) is 8.78 Å². The quantitative estimate of drug-likeness (QED) is 0.544. The van der Waals surface area contributed by atoms with Gasteiger partial charge in [0.05, 0.1) is 18.7 Å². The first-order chi connectivity index (χ1) is 15.8. The number of hydrogen-bond acceptors (Lipinski definition) is 5. The minimum atomic E-state index is -2.94. The first kappa shape index (κ1) is 21.4. The number of carbonyl (C=O) groups is 2. The number of benzene rings is 1. The van der Waals surface area contributed by atoms with Crippen LogP contribution < -0.4 is 5.32 Å². The highest BCUT2D eigenvalue weighted by molar-refractivity contribution is 5.99. The normalized spacial score (nSPS) is 16.8. The summed E-state index contributed by atoms with van der Waals surface area (Å²) in [5.41, 5.74) is -0.142. The lowest BCUT2D eigenvalue weighted by molar-refractivity contribution is -0.135. The lowest BCUT2D eigenvalue weighted by Crippen LogP contribution is -2.42. The van der Waals surface area contributed by atoms with Crippen molar-refractivity contribution in [1.82, 2.24) is 20.4 Å². The Hall–Kier alpha value is -3.41. The van der Waals surface area contributed by atoms with Gasteiger partial charge in [0.2, 0.25) is 0 Å². The van der Waals surface area contributed by atoms with Crippen LogP contribution >= 0.6 is 0 Å². The molecule has 3 heterocycles. The van der Waals surface area contributed by atoms with Crippen LogP contribution in [0.3, 0.4) is 0 Å². The number of hydrogen-bond donors (Lipinski definition) is 2. The van der Waals surface area contributed by atoms with Crippen LogP contribution in [0.2, 0.25) is 0 Å². The van der Waals surface area contributed by atoms with Crippen molar-refractivity contribution in [2.24, 2.45) is 0 Å². The molecule has 1 aliphatic heterocycles. The summed E-state index contributed by atoms with van der Waals surface area (Å²) in [6.07, 6.45) is 1.28. The Labute approximate surface area is 183 Å². The Morgan fingerprint density at radius 3 is 2.82 bits per heavy atom. The number of amides is 2. The Kier molecular flexibility index (Phi) is 5.11. The third kappa shape index (κ3) is 3.94. The number of aromatic nitrogens is 2. The second-order valence-corrected chi connectivity index (χ2v) is 8.22. The molecule has 0 bridgehead atoms. The van der Waals surface area contributed by atoms with E-state index in [1.165, 1.54) is 17.0 Å². The van der Waals surface area contributed by atoms with Crippen molar-refractivity contribution < 1.29 is 36.4 Å². The maximum absolute atomic E-state index is 14.0. The monoisotopic (exact) mass is 466 g/mol. The van der Waals surface area contributed by atoms with E-state index in [-0.39, 0.29) is 42.0 Å². The van der Waals surface area contributed by atoms with Gasteiger partial charge in [0.1, 0.15) is 11.5 Å². The number of nitrogens with one attached hydrogen (secondary N) is 2. The molecule has 3 aromatic rings. The molecule has 0 unspecified atom stereocenters. The largest absolute Gasteiger partial charge is 0.360 e. The molecule has 2 N–H and O–H groups in total. The van der Waals surface area contributed by atoms with Crippen LogP contribution in [0, 0.1) is 11.6 Å². The number of H-pyrrole nitrogens is 1. The van der Waals surface area contributed by atoms with Crippen LogP contribution in [0.5, 0.6) is 0 Å². The molecule has 0 spiro atoms. The van der Waals surface area contributed by atoms with Crippen LogP contribution in [-0.2, 0) is 17.7 Å². The summed E-state index contributed by atoms with van der Waals surface area (Å²) in [4.78, 5) is 30.0. The summed E-state index contributed by atoms with van der Waals surface area (Å²) in [5, 5.41) is 6.45. The third-order valence-electron chi connectivity index (χ3n) is 5.97. The number of alkyl halides is 2. The van der Waals surface area contributed by atoms with Crippen molar-refractivity contribution in [3.05, 3.63) is 52.5 Å². The van der Waals surface area contributed by atoms with E-state index >= 15 is 0 Å². The van der Waals surface area contributed by atoms with Crippen LogP contribution in [0.4, 0.5) is 17.6 Å². The van der Waals surface area contributed by atoms with Crippen molar-refractivity contribution in [3.63, 3.8) is 0 Å². The summed E-state index contributed by atoms with van der Waals surface area (Å²) in [7, 11) is 0. The molecule has 1 saturated carbocycles. The predicted molar refractivity (Wildman–Crippen MR) is 105 cm³/mol. The number of halogens is 4. The van der Waals surface area contributed by atoms with Gasteiger partial charge in [-0.25, -0.2) is 8.78 Å². The van der Waals surface area contributed by atoms with E-state index in [0.717, 1.165) is 6.07 Å². The molecule has 0 saturated heterocycles. The van der Waals surface area contributed by atoms with Crippen molar-refractivity contribution >= 4 is 22.7 Å². The Morgan fingerprint density at radius 1 is 1.30 bits per heavy atom. The highest BCUT2D eigenvalue weighted by atomic mass is 19.3. The molecule has 174 valence electrons. The van der Waals surface area contributed by atoms with Gasteiger partial charge in [-0.15, -0.1) is 0 Å². The number of fused-ring (bicyclic) bond motifs is 2. The SMILES string of the molecule is O=C(NC1(COC(F)F)CC1)c1noc2c1CN(C(=O)c1cc3c(F)c(F)ccc3[nH]1)CC2. The highest BCUT2D eigenvalue weighted by Gasteiger charge is 2.46. The predicted octanol–water partition coefficient (Wildman–Crippen LogP) is 3.13. The molecule has 8 nitrogen and oxygen atoms in total. The summed E-state index contributed by atoms with van der Waals surface area (Å²) in [6.45, 7) is -2.99. The van der Waals surface area contributed by atoms with E-state index in [9.17, 15) is 27.2 Å². The van der Waals surface area contributed by atoms with E-state index < -0.39 is 35.6 Å². The van der Waals surface area contributed by atoms with Crippen molar-refractivity contribution in [3.8, 4) is 0 Å². The second-order valence-electron chi connectivity index (χ2n) is 8.22. The van der Waals surface area contributed by atoms with Gasteiger partial charge in [0.15, 0.2) is 17.3 Å². The van der Waals surface area contributed by atoms with Crippen molar-refractivity contribution in [1.29, 1.82) is 0 Å². The molecule has 0 atom stereocenters. The van der Waals surface area contributed by atoms with Gasteiger partial charge in [-0.05, 0) is 31.0 Å². The van der Waals surface area contributed by atoms with Crippen LogP contribution in [-0.4, -0.2) is 52.2 Å².